The predicted molar refractivity (Wildman–Crippen MR) is 119 cm³/mol. The maximum atomic E-state index is 13.4. The van der Waals surface area contributed by atoms with Gasteiger partial charge in [0.2, 0.25) is 11.8 Å². The van der Waals surface area contributed by atoms with Gasteiger partial charge < -0.3 is 19.6 Å². The van der Waals surface area contributed by atoms with Crippen molar-refractivity contribution >= 4 is 11.8 Å². The van der Waals surface area contributed by atoms with Crippen LogP contribution in [0.4, 0.5) is 0 Å². The van der Waals surface area contributed by atoms with Gasteiger partial charge in [0.25, 0.3) is 5.91 Å². The van der Waals surface area contributed by atoms with Crippen LogP contribution in [0.5, 0.6) is 5.88 Å². The fourth-order valence-electron chi connectivity index (χ4n) is 3.36. The molecule has 0 aliphatic carbocycles. The molecule has 2 aromatic heterocycles. The molecule has 32 heavy (non-hydrogen) atoms. The molecule has 0 aromatic carbocycles. The molecule has 2 amide bonds. The minimum atomic E-state index is -0.384. The van der Waals surface area contributed by atoms with E-state index in [4.69, 9.17) is 4.74 Å². The zero-order valence-corrected chi connectivity index (χ0v) is 18.8. The summed E-state index contributed by atoms with van der Waals surface area (Å²) in [6.07, 6.45) is 2.84. The Balaban J connectivity index is 2.00. The summed E-state index contributed by atoms with van der Waals surface area (Å²) >= 11 is 0. The predicted octanol–water partition coefficient (Wildman–Crippen LogP) is 1.57. The molecule has 8 nitrogen and oxygen atoms in total. The Kier molecular flexibility index (Phi) is 7.44. The van der Waals surface area contributed by atoms with Crippen molar-refractivity contribution in [3.05, 3.63) is 53.5 Å². The molecule has 0 bridgehead atoms. The number of aliphatic hydroxyl groups is 1. The van der Waals surface area contributed by atoms with E-state index >= 15 is 0 Å². The third kappa shape index (κ3) is 5.42. The number of hydrogen-bond donors (Lipinski definition) is 1. The highest BCUT2D eigenvalue weighted by Crippen LogP contribution is 2.27. The number of aromatic nitrogens is 2. The lowest BCUT2D eigenvalue weighted by molar-refractivity contribution is -0.129. The number of ether oxygens (including phenoxy) is 1. The van der Waals surface area contributed by atoms with Crippen molar-refractivity contribution in [3.63, 3.8) is 0 Å². The van der Waals surface area contributed by atoms with Gasteiger partial charge in [0, 0.05) is 44.4 Å². The van der Waals surface area contributed by atoms with Gasteiger partial charge >= 0.3 is 0 Å². The number of carbonyl (C=O) groups is 2. The standard InChI is InChI=1S/C24H28N4O4/c1-16-13-28(17(2)15-29)24(31)21-11-19(8-9-20-7-5-6-10-25-20)12-26-23(21)32-22(16)14-27(4)18(3)30/h5-7,10-12,16-17,22,29H,13-15H2,1-4H3/t16-,17-,22+/m1/s1. The van der Waals surface area contributed by atoms with Gasteiger partial charge in [0.1, 0.15) is 17.4 Å². The van der Waals surface area contributed by atoms with E-state index in [2.05, 4.69) is 21.8 Å². The van der Waals surface area contributed by atoms with Crippen molar-refractivity contribution in [2.75, 3.05) is 26.7 Å². The lowest BCUT2D eigenvalue weighted by atomic mass is 10.00. The van der Waals surface area contributed by atoms with Gasteiger partial charge in [-0.2, -0.15) is 0 Å². The Bertz CT molecular complexity index is 1030. The summed E-state index contributed by atoms with van der Waals surface area (Å²) in [6, 6.07) is 6.72. The maximum absolute atomic E-state index is 13.4. The molecule has 168 valence electrons. The minimum Gasteiger partial charge on any atom is -0.472 e. The molecule has 3 heterocycles. The summed E-state index contributed by atoms with van der Waals surface area (Å²) in [7, 11) is 1.71. The fourth-order valence-corrected chi connectivity index (χ4v) is 3.36. The van der Waals surface area contributed by atoms with Crippen molar-refractivity contribution in [3.8, 4) is 17.7 Å². The molecule has 0 saturated heterocycles. The van der Waals surface area contributed by atoms with Gasteiger partial charge in [-0.25, -0.2) is 9.97 Å². The SMILES string of the molecule is CC(=O)N(C)C[C@@H]1Oc2ncc(C#Cc3ccccn3)cc2C(=O)N([C@H](C)CO)C[C@H]1C. The summed E-state index contributed by atoms with van der Waals surface area (Å²) in [6.45, 7) is 5.81. The topological polar surface area (TPSA) is 95.9 Å². The van der Waals surface area contributed by atoms with Crippen LogP contribution in [0.25, 0.3) is 0 Å². The number of rotatable bonds is 4. The number of pyridine rings is 2. The molecule has 0 spiro atoms. The maximum Gasteiger partial charge on any atom is 0.259 e. The minimum absolute atomic E-state index is 0.0761. The van der Waals surface area contributed by atoms with Crippen LogP contribution in [0.15, 0.2) is 36.7 Å². The first kappa shape index (κ1) is 23.2. The second-order valence-electron chi connectivity index (χ2n) is 8.06. The van der Waals surface area contributed by atoms with Gasteiger partial charge in [0.05, 0.1) is 19.2 Å². The second-order valence-corrected chi connectivity index (χ2v) is 8.06. The van der Waals surface area contributed by atoms with Gasteiger partial charge in [-0.1, -0.05) is 18.9 Å². The van der Waals surface area contributed by atoms with Crippen LogP contribution in [0, 0.1) is 17.8 Å². The highest BCUT2D eigenvalue weighted by atomic mass is 16.5. The van der Waals surface area contributed by atoms with Crippen LogP contribution in [0.1, 0.15) is 42.4 Å². The summed E-state index contributed by atoms with van der Waals surface area (Å²) in [4.78, 5) is 36.9. The average molecular weight is 437 g/mol. The third-order valence-corrected chi connectivity index (χ3v) is 5.51. The monoisotopic (exact) mass is 436 g/mol. The molecule has 1 N–H and O–H groups in total. The molecule has 3 atom stereocenters. The van der Waals surface area contributed by atoms with E-state index in [-0.39, 0.29) is 47.9 Å². The number of nitrogens with zero attached hydrogens (tertiary/aromatic N) is 4. The number of amides is 2. The Labute approximate surface area is 188 Å². The summed E-state index contributed by atoms with van der Waals surface area (Å²) in [5.74, 6) is 5.70. The van der Waals surface area contributed by atoms with Crippen LogP contribution < -0.4 is 4.74 Å². The number of likely N-dealkylation sites (N-methyl/N-ethyl adjacent to an activating group) is 1. The molecule has 1 aliphatic rings. The van der Waals surface area contributed by atoms with Crippen LogP contribution >= 0.6 is 0 Å². The van der Waals surface area contributed by atoms with E-state index in [9.17, 15) is 14.7 Å². The third-order valence-electron chi connectivity index (χ3n) is 5.51. The Hall–Kier alpha value is -3.44. The molecular formula is C24H28N4O4. The van der Waals surface area contributed by atoms with Crippen molar-refractivity contribution in [2.45, 2.75) is 32.9 Å². The number of fused-ring (bicyclic) bond motifs is 1. The highest BCUT2D eigenvalue weighted by Gasteiger charge is 2.34. The van der Waals surface area contributed by atoms with Crippen LogP contribution in [-0.2, 0) is 4.79 Å². The number of carbonyl (C=O) groups excluding carboxylic acids is 2. The first-order valence-electron chi connectivity index (χ1n) is 10.5. The normalized spacial score (nSPS) is 18.9. The quantitative estimate of drug-likeness (QED) is 0.731. The lowest BCUT2D eigenvalue weighted by Crippen LogP contribution is -2.50. The van der Waals surface area contributed by atoms with E-state index in [1.165, 1.54) is 6.92 Å². The van der Waals surface area contributed by atoms with Gasteiger partial charge in [-0.05, 0) is 31.0 Å². The molecule has 0 saturated carbocycles. The molecule has 0 unspecified atom stereocenters. The Morgan fingerprint density at radius 3 is 2.81 bits per heavy atom. The van der Waals surface area contributed by atoms with E-state index in [1.807, 2.05) is 19.1 Å². The van der Waals surface area contributed by atoms with Crippen molar-refractivity contribution < 1.29 is 19.4 Å². The number of hydrogen-bond acceptors (Lipinski definition) is 6. The van der Waals surface area contributed by atoms with Crippen molar-refractivity contribution in [2.24, 2.45) is 5.92 Å². The first-order valence-corrected chi connectivity index (χ1v) is 10.5. The smallest absolute Gasteiger partial charge is 0.259 e. The molecule has 0 radical (unpaired) electrons. The van der Waals surface area contributed by atoms with E-state index in [0.717, 1.165) is 0 Å². The Morgan fingerprint density at radius 1 is 1.38 bits per heavy atom. The van der Waals surface area contributed by atoms with Gasteiger partial charge in [0.15, 0.2) is 0 Å². The first-order chi connectivity index (χ1) is 15.3. The lowest BCUT2D eigenvalue weighted by Gasteiger charge is -2.37. The van der Waals surface area contributed by atoms with Crippen LogP contribution in [0.2, 0.25) is 0 Å². The van der Waals surface area contributed by atoms with Crippen LogP contribution in [-0.4, -0.2) is 75.6 Å². The zero-order valence-electron chi connectivity index (χ0n) is 18.8. The molecule has 3 rings (SSSR count). The zero-order chi connectivity index (χ0) is 23.3. The molecule has 0 fully saturated rings. The largest absolute Gasteiger partial charge is 0.472 e. The molecule has 1 aliphatic heterocycles. The molecule has 2 aromatic rings. The van der Waals surface area contributed by atoms with E-state index in [0.29, 0.717) is 24.3 Å². The van der Waals surface area contributed by atoms with Crippen molar-refractivity contribution in [1.29, 1.82) is 0 Å². The second kappa shape index (κ2) is 10.2. The summed E-state index contributed by atoms with van der Waals surface area (Å²) < 4.78 is 6.14. The van der Waals surface area contributed by atoms with E-state index in [1.54, 1.807) is 48.3 Å². The Morgan fingerprint density at radius 2 is 2.16 bits per heavy atom. The fraction of sp³-hybridized carbons (Fsp3) is 0.417. The highest BCUT2D eigenvalue weighted by molar-refractivity contribution is 5.97. The molecular weight excluding hydrogens is 408 g/mol. The summed E-state index contributed by atoms with van der Waals surface area (Å²) in [5.41, 5.74) is 1.44. The average Bonchev–Trinajstić information content (AvgIpc) is 2.80. The van der Waals surface area contributed by atoms with Gasteiger partial charge in [-0.15, -0.1) is 0 Å². The van der Waals surface area contributed by atoms with Gasteiger partial charge in [-0.3, -0.25) is 9.59 Å². The molecule has 8 heteroatoms. The van der Waals surface area contributed by atoms with Crippen LogP contribution in [0.3, 0.4) is 0 Å². The summed E-state index contributed by atoms with van der Waals surface area (Å²) in [5, 5.41) is 9.73. The number of aliphatic hydroxyl groups excluding tert-OH is 1. The van der Waals surface area contributed by atoms with E-state index < -0.39 is 0 Å². The van der Waals surface area contributed by atoms with Crippen molar-refractivity contribution in [1.82, 2.24) is 19.8 Å².